The number of rotatable bonds is 4. The highest BCUT2D eigenvalue weighted by Gasteiger charge is 2.26. The van der Waals surface area contributed by atoms with Gasteiger partial charge in [-0.2, -0.15) is 0 Å². The standard InChI is InChI=1S/C10H8F2O4/c11-7-2-1-5(4-8(7)12)3-6(9(13)14)10(15)16/h1-2,4,6H,3H2,(H,13,14)(H,15,16). The summed E-state index contributed by atoms with van der Waals surface area (Å²) in [5.74, 6) is -6.89. The van der Waals surface area contributed by atoms with Crippen LogP contribution in [0.5, 0.6) is 0 Å². The predicted molar refractivity (Wildman–Crippen MR) is 48.8 cm³/mol. The molecule has 0 aliphatic rings. The Balaban J connectivity index is 2.90. The maximum Gasteiger partial charge on any atom is 0.318 e. The molecule has 0 aliphatic heterocycles. The molecule has 4 nitrogen and oxygen atoms in total. The normalized spacial score (nSPS) is 10.4. The molecule has 0 saturated carbocycles. The molecule has 0 heterocycles. The van der Waals surface area contributed by atoms with Crippen molar-refractivity contribution in [2.45, 2.75) is 6.42 Å². The van der Waals surface area contributed by atoms with Gasteiger partial charge in [0.15, 0.2) is 17.6 Å². The zero-order valence-electron chi connectivity index (χ0n) is 7.98. The Morgan fingerprint density at radius 3 is 2.12 bits per heavy atom. The minimum Gasteiger partial charge on any atom is -0.481 e. The molecule has 0 bridgehead atoms. The molecule has 6 heteroatoms. The maximum atomic E-state index is 12.8. The van der Waals surface area contributed by atoms with Gasteiger partial charge in [-0.05, 0) is 24.1 Å². The fraction of sp³-hybridized carbons (Fsp3) is 0.200. The molecule has 0 atom stereocenters. The summed E-state index contributed by atoms with van der Waals surface area (Å²) in [4.78, 5) is 21.1. The van der Waals surface area contributed by atoms with Crippen molar-refractivity contribution in [2.24, 2.45) is 5.92 Å². The van der Waals surface area contributed by atoms with Gasteiger partial charge in [0, 0.05) is 0 Å². The highest BCUT2D eigenvalue weighted by molar-refractivity contribution is 5.93. The topological polar surface area (TPSA) is 74.6 Å². The molecule has 2 N–H and O–H groups in total. The Bertz CT molecular complexity index is 417. The minimum absolute atomic E-state index is 0.119. The molecule has 16 heavy (non-hydrogen) atoms. The van der Waals surface area contributed by atoms with E-state index < -0.39 is 29.5 Å². The monoisotopic (exact) mass is 230 g/mol. The van der Waals surface area contributed by atoms with Gasteiger partial charge in [0.05, 0.1) is 0 Å². The zero-order valence-corrected chi connectivity index (χ0v) is 7.98. The van der Waals surface area contributed by atoms with Crippen molar-refractivity contribution in [3.05, 3.63) is 35.4 Å². The first kappa shape index (κ1) is 12.1. The molecule has 0 spiro atoms. The summed E-state index contributed by atoms with van der Waals surface area (Å²) in [6.45, 7) is 0. The van der Waals surface area contributed by atoms with E-state index in [1.807, 2.05) is 0 Å². The second-order valence-corrected chi connectivity index (χ2v) is 3.18. The van der Waals surface area contributed by atoms with Gasteiger partial charge in [0.25, 0.3) is 0 Å². The molecule has 0 amide bonds. The van der Waals surface area contributed by atoms with E-state index in [0.29, 0.717) is 0 Å². The summed E-state index contributed by atoms with van der Waals surface area (Å²) in [5.41, 5.74) is 0.119. The third-order valence-corrected chi connectivity index (χ3v) is 2.02. The molecule has 0 fully saturated rings. The predicted octanol–water partition coefficient (Wildman–Crippen LogP) is 1.29. The van der Waals surface area contributed by atoms with Crippen LogP contribution in [0, 0.1) is 17.6 Å². The zero-order chi connectivity index (χ0) is 12.3. The molecular formula is C10H8F2O4. The van der Waals surface area contributed by atoms with Crippen molar-refractivity contribution < 1.29 is 28.6 Å². The summed E-state index contributed by atoms with van der Waals surface area (Å²) < 4.78 is 25.3. The van der Waals surface area contributed by atoms with Crippen LogP contribution in [-0.2, 0) is 16.0 Å². The lowest BCUT2D eigenvalue weighted by atomic mass is 9.99. The van der Waals surface area contributed by atoms with Gasteiger partial charge in [-0.15, -0.1) is 0 Å². The highest BCUT2D eigenvalue weighted by Crippen LogP contribution is 2.13. The minimum atomic E-state index is -1.66. The number of carboxylic acid groups (broad SMARTS) is 2. The number of carboxylic acids is 2. The SMILES string of the molecule is O=C(O)C(Cc1ccc(F)c(F)c1)C(=O)O. The van der Waals surface area contributed by atoms with Gasteiger partial charge in [-0.1, -0.05) is 6.07 Å². The third-order valence-electron chi connectivity index (χ3n) is 2.02. The first-order chi connectivity index (χ1) is 7.41. The van der Waals surface area contributed by atoms with Crippen LogP contribution < -0.4 is 0 Å². The maximum absolute atomic E-state index is 12.8. The van der Waals surface area contributed by atoms with E-state index >= 15 is 0 Å². The lowest BCUT2D eigenvalue weighted by molar-refractivity contribution is -0.154. The van der Waals surface area contributed by atoms with Crippen molar-refractivity contribution in [2.75, 3.05) is 0 Å². The second-order valence-electron chi connectivity index (χ2n) is 3.18. The van der Waals surface area contributed by atoms with E-state index in [1.165, 1.54) is 0 Å². The van der Waals surface area contributed by atoms with Crippen molar-refractivity contribution in [3.8, 4) is 0 Å². The molecule has 86 valence electrons. The number of halogens is 2. The number of carbonyl (C=O) groups is 2. The molecule has 0 radical (unpaired) electrons. The number of benzene rings is 1. The van der Waals surface area contributed by atoms with Crippen LogP contribution in [-0.4, -0.2) is 22.2 Å². The van der Waals surface area contributed by atoms with Crippen molar-refractivity contribution >= 4 is 11.9 Å². The fourth-order valence-corrected chi connectivity index (χ4v) is 1.18. The largest absolute Gasteiger partial charge is 0.481 e. The van der Waals surface area contributed by atoms with Crippen LogP contribution in [0.3, 0.4) is 0 Å². The van der Waals surface area contributed by atoms with E-state index in [9.17, 15) is 18.4 Å². The van der Waals surface area contributed by atoms with Crippen molar-refractivity contribution in [1.29, 1.82) is 0 Å². The van der Waals surface area contributed by atoms with E-state index in [1.54, 1.807) is 0 Å². The molecule has 1 aromatic carbocycles. The summed E-state index contributed by atoms with van der Waals surface area (Å²) in [7, 11) is 0. The Morgan fingerprint density at radius 1 is 1.12 bits per heavy atom. The average Bonchev–Trinajstić information content (AvgIpc) is 2.18. The van der Waals surface area contributed by atoms with Gasteiger partial charge >= 0.3 is 11.9 Å². The van der Waals surface area contributed by atoms with Crippen molar-refractivity contribution in [1.82, 2.24) is 0 Å². The Morgan fingerprint density at radius 2 is 1.69 bits per heavy atom. The quantitative estimate of drug-likeness (QED) is 0.764. The third kappa shape index (κ3) is 2.75. The number of aliphatic carboxylic acids is 2. The Hall–Kier alpha value is -1.98. The summed E-state index contributed by atoms with van der Waals surface area (Å²) >= 11 is 0. The molecule has 0 aliphatic carbocycles. The van der Waals surface area contributed by atoms with Crippen LogP contribution in [0.1, 0.15) is 5.56 Å². The second kappa shape index (κ2) is 4.69. The molecule has 0 saturated heterocycles. The van der Waals surface area contributed by atoms with Gasteiger partial charge in [-0.3, -0.25) is 9.59 Å². The van der Waals surface area contributed by atoms with Gasteiger partial charge in [0.2, 0.25) is 0 Å². The molecule has 1 aromatic rings. The summed E-state index contributed by atoms with van der Waals surface area (Å²) in [5, 5.41) is 17.2. The van der Waals surface area contributed by atoms with E-state index in [4.69, 9.17) is 10.2 Å². The van der Waals surface area contributed by atoms with Crippen molar-refractivity contribution in [3.63, 3.8) is 0 Å². The summed E-state index contributed by atoms with van der Waals surface area (Å²) in [6.07, 6.45) is -0.387. The van der Waals surface area contributed by atoms with E-state index in [0.717, 1.165) is 18.2 Å². The van der Waals surface area contributed by atoms with Gasteiger partial charge < -0.3 is 10.2 Å². The Labute approximate surface area is 89.1 Å². The smallest absolute Gasteiger partial charge is 0.318 e. The lowest BCUT2D eigenvalue weighted by Crippen LogP contribution is -2.25. The number of hydrogen-bond acceptors (Lipinski definition) is 2. The Kier molecular flexibility index (Phi) is 3.55. The molecule has 0 aromatic heterocycles. The van der Waals surface area contributed by atoms with Crippen LogP contribution >= 0.6 is 0 Å². The van der Waals surface area contributed by atoms with Crippen LogP contribution in [0.4, 0.5) is 8.78 Å². The average molecular weight is 230 g/mol. The summed E-state index contributed by atoms with van der Waals surface area (Å²) in [6, 6.07) is 2.76. The van der Waals surface area contributed by atoms with Crippen LogP contribution in [0.15, 0.2) is 18.2 Å². The van der Waals surface area contributed by atoms with Crippen LogP contribution in [0.25, 0.3) is 0 Å². The molecular weight excluding hydrogens is 222 g/mol. The lowest BCUT2D eigenvalue weighted by Gasteiger charge is -2.07. The first-order valence-corrected chi connectivity index (χ1v) is 4.31. The highest BCUT2D eigenvalue weighted by atomic mass is 19.2. The number of hydrogen-bond donors (Lipinski definition) is 2. The van der Waals surface area contributed by atoms with E-state index in [-0.39, 0.29) is 12.0 Å². The van der Waals surface area contributed by atoms with E-state index in [2.05, 4.69) is 0 Å². The molecule has 1 rings (SSSR count). The molecule has 0 unspecified atom stereocenters. The van der Waals surface area contributed by atoms with Gasteiger partial charge in [0.1, 0.15) is 0 Å². The van der Waals surface area contributed by atoms with Gasteiger partial charge in [-0.25, -0.2) is 8.78 Å². The van der Waals surface area contributed by atoms with Crippen LogP contribution in [0.2, 0.25) is 0 Å². The fourth-order valence-electron chi connectivity index (χ4n) is 1.18. The first-order valence-electron chi connectivity index (χ1n) is 4.31.